The average Bonchev–Trinajstić information content (AvgIpc) is 3.75. The van der Waals surface area contributed by atoms with E-state index in [2.05, 4.69) is 206 Å². The van der Waals surface area contributed by atoms with Gasteiger partial charge in [-0.1, -0.05) is 178 Å². The zero-order valence-electron chi connectivity index (χ0n) is 32.3. The van der Waals surface area contributed by atoms with Gasteiger partial charge in [0.05, 0.1) is 16.7 Å². The van der Waals surface area contributed by atoms with E-state index in [1.807, 2.05) is 6.07 Å². The smallest absolute Gasteiger partial charge is 0.166 e. The van der Waals surface area contributed by atoms with Crippen molar-refractivity contribution in [3.63, 3.8) is 0 Å². The van der Waals surface area contributed by atoms with E-state index in [0.29, 0.717) is 17.5 Å². The van der Waals surface area contributed by atoms with Crippen LogP contribution in [0.4, 0.5) is 0 Å². The highest BCUT2D eigenvalue weighted by Gasteiger charge is 2.37. The van der Waals surface area contributed by atoms with Crippen LogP contribution >= 0.6 is 0 Å². The fraction of sp³-hybridized carbons (Fsp3) is 0.0556. The molecule has 274 valence electrons. The number of fused-ring (bicyclic) bond motifs is 6. The molecule has 0 saturated heterocycles. The number of para-hydroxylation sites is 2. The Morgan fingerprint density at radius 3 is 1.57 bits per heavy atom. The van der Waals surface area contributed by atoms with E-state index in [0.717, 1.165) is 55.7 Å². The molecular formula is C54H38N4. The number of hydrogen-bond donors (Lipinski definition) is 0. The van der Waals surface area contributed by atoms with Gasteiger partial charge >= 0.3 is 0 Å². The second kappa shape index (κ2) is 13.4. The van der Waals surface area contributed by atoms with Crippen LogP contribution in [-0.4, -0.2) is 19.5 Å². The third-order valence-electron chi connectivity index (χ3n) is 11.9. The van der Waals surface area contributed by atoms with E-state index in [9.17, 15) is 0 Å². The zero-order chi connectivity index (χ0) is 38.8. The van der Waals surface area contributed by atoms with Crippen LogP contribution in [-0.2, 0) is 5.41 Å². The fourth-order valence-electron chi connectivity index (χ4n) is 9.05. The molecule has 0 spiro atoms. The number of aromatic nitrogens is 4. The summed E-state index contributed by atoms with van der Waals surface area (Å²) < 4.78 is 2.38. The van der Waals surface area contributed by atoms with Crippen molar-refractivity contribution in [3.8, 4) is 73.2 Å². The highest BCUT2D eigenvalue weighted by Crippen LogP contribution is 2.52. The Balaban J connectivity index is 1.21. The minimum Gasteiger partial charge on any atom is -0.308 e. The first-order valence-corrected chi connectivity index (χ1v) is 19.9. The minimum atomic E-state index is -0.165. The molecule has 11 rings (SSSR count). The molecule has 0 N–H and O–H groups in total. The monoisotopic (exact) mass is 742 g/mol. The number of rotatable bonds is 6. The first-order valence-electron chi connectivity index (χ1n) is 19.9. The maximum Gasteiger partial charge on any atom is 0.166 e. The Kier molecular flexibility index (Phi) is 7.80. The molecule has 0 radical (unpaired) electrons. The first-order chi connectivity index (χ1) is 28.5. The molecule has 10 aromatic rings. The molecule has 0 saturated carbocycles. The van der Waals surface area contributed by atoms with Gasteiger partial charge in [-0.2, -0.15) is 0 Å². The molecule has 0 unspecified atom stereocenters. The maximum absolute atomic E-state index is 5.48. The van der Waals surface area contributed by atoms with Crippen LogP contribution in [0, 0.1) is 0 Å². The number of hydrogen-bond acceptors (Lipinski definition) is 3. The van der Waals surface area contributed by atoms with Gasteiger partial charge in [-0.3, -0.25) is 0 Å². The Morgan fingerprint density at radius 1 is 0.362 bits per heavy atom. The summed E-state index contributed by atoms with van der Waals surface area (Å²) in [5.74, 6) is 1.89. The first kappa shape index (κ1) is 33.9. The van der Waals surface area contributed by atoms with Gasteiger partial charge < -0.3 is 4.57 Å². The Bertz CT molecular complexity index is 3140. The molecule has 4 nitrogen and oxygen atoms in total. The lowest BCUT2D eigenvalue weighted by Crippen LogP contribution is -2.14. The van der Waals surface area contributed by atoms with Crippen LogP contribution < -0.4 is 0 Å². The molecule has 1 aliphatic carbocycles. The molecule has 4 heteroatoms. The standard InChI is InChI=1S/C54H38N4/c1-54(2)45-27-12-9-25-42(45)50-44(26-16-28-46(50)54)53-56-51(39-22-15-21-37(33-39)35-17-5-3-6-18-35)55-52(57-53)43-32-31-38(36-19-7-4-8-20-36)34-49(43)58-47-29-13-10-23-40(47)41-24-11-14-30-48(41)58/h3-34H,1-2H3. The summed E-state index contributed by atoms with van der Waals surface area (Å²) in [5, 5.41) is 2.40. The summed E-state index contributed by atoms with van der Waals surface area (Å²) in [6, 6.07) is 68.9. The molecule has 0 fully saturated rings. The number of benzene rings is 8. The van der Waals surface area contributed by atoms with E-state index < -0.39 is 0 Å². The summed E-state index contributed by atoms with van der Waals surface area (Å²) in [5.41, 5.74) is 15.5. The van der Waals surface area contributed by atoms with Crippen LogP contribution in [0.15, 0.2) is 194 Å². The van der Waals surface area contributed by atoms with Crippen molar-refractivity contribution < 1.29 is 0 Å². The van der Waals surface area contributed by atoms with Gasteiger partial charge in [-0.15, -0.1) is 0 Å². The molecule has 8 aromatic carbocycles. The van der Waals surface area contributed by atoms with E-state index in [1.165, 1.54) is 33.0 Å². The third kappa shape index (κ3) is 5.41. The molecule has 0 aliphatic heterocycles. The highest BCUT2D eigenvalue weighted by molar-refractivity contribution is 6.09. The van der Waals surface area contributed by atoms with Crippen molar-refractivity contribution in [3.05, 3.63) is 205 Å². The predicted octanol–water partition coefficient (Wildman–Crippen LogP) is 13.6. The lowest BCUT2D eigenvalue weighted by Gasteiger charge is -2.21. The van der Waals surface area contributed by atoms with Crippen LogP contribution in [0.3, 0.4) is 0 Å². The maximum atomic E-state index is 5.48. The van der Waals surface area contributed by atoms with Crippen molar-refractivity contribution in [2.45, 2.75) is 19.3 Å². The predicted molar refractivity (Wildman–Crippen MR) is 239 cm³/mol. The SMILES string of the molecule is CC1(C)c2ccccc2-c2c(-c3nc(-c4cccc(-c5ccccc5)c4)nc(-c4ccc(-c5ccccc5)cc4-n4c5ccccc5c5ccccc54)n3)cccc21. The van der Waals surface area contributed by atoms with Gasteiger partial charge in [0.25, 0.3) is 0 Å². The van der Waals surface area contributed by atoms with Crippen LogP contribution in [0.1, 0.15) is 25.0 Å². The molecular weight excluding hydrogens is 705 g/mol. The van der Waals surface area contributed by atoms with Crippen molar-refractivity contribution in [2.75, 3.05) is 0 Å². The Hall–Kier alpha value is -7.43. The molecule has 0 amide bonds. The van der Waals surface area contributed by atoms with Gasteiger partial charge in [0.1, 0.15) is 0 Å². The van der Waals surface area contributed by atoms with Crippen LogP contribution in [0.2, 0.25) is 0 Å². The Labute approximate surface area is 337 Å². The molecule has 2 aromatic heterocycles. The lowest BCUT2D eigenvalue weighted by molar-refractivity contribution is 0.660. The highest BCUT2D eigenvalue weighted by atomic mass is 15.1. The van der Waals surface area contributed by atoms with E-state index in [1.54, 1.807) is 0 Å². The second-order valence-corrected chi connectivity index (χ2v) is 15.6. The average molecular weight is 743 g/mol. The van der Waals surface area contributed by atoms with Crippen molar-refractivity contribution >= 4 is 21.8 Å². The topological polar surface area (TPSA) is 43.6 Å². The van der Waals surface area contributed by atoms with Crippen molar-refractivity contribution in [1.29, 1.82) is 0 Å². The van der Waals surface area contributed by atoms with Gasteiger partial charge in [-0.25, -0.2) is 15.0 Å². The van der Waals surface area contributed by atoms with Gasteiger partial charge in [0.15, 0.2) is 17.5 Å². The quantitative estimate of drug-likeness (QED) is 0.170. The summed E-state index contributed by atoms with van der Waals surface area (Å²) >= 11 is 0. The van der Waals surface area contributed by atoms with E-state index in [-0.39, 0.29) is 5.41 Å². The molecule has 0 bridgehead atoms. The molecule has 1 aliphatic rings. The van der Waals surface area contributed by atoms with Crippen LogP contribution in [0.5, 0.6) is 0 Å². The number of nitrogens with zero attached hydrogens (tertiary/aromatic N) is 4. The normalized spacial score (nSPS) is 12.8. The van der Waals surface area contributed by atoms with E-state index >= 15 is 0 Å². The second-order valence-electron chi connectivity index (χ2n) is 15.6. The minimum absolute atomic E-state index is 0.165. The fourth-order valence-corrected chi connectivity index (χ4v) is 9.05. The summed E-state index contributed by atoms with van der Waals surface area (Å²) in [4.78, 5) is 16.2. The summed E-state index contributed by atoms with van der Waals surface area (Å²) in [6.07, 6.45) is 0. The molecule has 2 heterocycles. The van der Waals surface area contributed by atoms with E-state index in [4.69, 9.17) is 15.0 Å². The molecule has 0 atom stereocenters. The van der Waals surface area contributed by atoms with Gasteiger partial charge in [0, 0.05) is 32.9 Å². The third-order valence-corrected chi connectivity index (χ3v) is 11.9. The zero-order valence-corrected chi connectivity index (χ0v) is 32.3. The van der Waals surface area contributed by atoms with Crippen molar-refractivity contribution in [2.24, 2.45) is 0 Å². The van der Waals surface area contributed by atoms with Gasteiger partial charge in [-0.05, 0) is 74.8 Å². The summed E-state index contributed by atoms with van der Waals surface area (Å²) in [6.45, 7) is 4.63. The van der Waals surface area contributed by atoms with Crippen molar-refractivity contribution in [1.82, 2.24) is 19.5 Å². The summed E-state index contributed by atoms with van der Waals surface area (Å²) in [7, 11) is 0. The Morgan fingerprint density at radius 2 is 0.862 bits per heavy atom. The largest absolute Gasteiger partial charge is 0.308 e. The molecule has 58 heavy (non-hydrogen) atoms. The van der Waals surface area contributed by atoms with Crippen LogP contribution in [0.25, 0.3) is 95.0 Å². The lowest BCUT2D eigenvalue weighted by atomic mass is 9.82. The van der Waals surface area contributed by atoms with Gasteiger partial charge in [0.2, 0.25) is 0 Å².